The van der Waals surface area contributed by atoms with Gasteiger partial charge in [-0.3, -0.25) is 5.41 Å². The summed E-state index contributed by atoms with van der Waals surface area (Å²) in [5.74, 6) is 0.957. The smallest absolute Gasteiger partial charge is 0.129 e. The van der Waals surface area contributed by atoms with Gasteiger partial charge in [-0.15, -0.1) is 0 Å². The highest BCUT2D eigenvalue weighted by Gasteiger charge is 2.23. The summed E-state index contributed by atoms with van der Waals surface area (Å²) < 4.78 is 5.71. The molecular weight excluding hydrogens is 228 g/mol. The Morgan fingerprint density at radius 1 is 1.39 bits per heavy atom. The highest BCUT2D eigenvalue weighted by molar-refractivity contribution is 5.95. The molecule has 18 heavy (non-hydrogen) atoms. The quantitative estimate of drug-likeness (QED) is 0.611. The molecule has 2 heterocycles. The minimum atomic E-state index is 0.0797. The fraction of sp³-hybridized carbons (Fsp3) is 0.538. The van der Waals surface area contributed by atoms with Gasteiger partial charge in [-0.05, 0) is 32.9 Å². The Labute approximate surface area is 107 Å². The van der Waals surface area contributed by atoms with Crippen molar-refractivity contribution in [3.63, 3.8) is 0 Å². The number of nitrogen functional groups attached to an aromatic ring is 1. The number of amidine groups is 1. The average Bonchev–Trinajstić information content (AvgIpc) is 2.26. The van der Waals surface area contributed by atoms with Gasteiger partial charge in [0.05, 0.1) is 12.2 Å². The molecule has 5 nitrogen and oxygen atoms in total. The maximum atomic E-state index is 7.53. The van der Waals surface area contributed by atoms with Crippen LogP contribution in [-0.2, 0) is 4.74 Å². The highest BCUT2D eigenvalue weighted by Crippen LogP contribution is 2.20. The third kappa shape index (κ3) is 2.79. The predicted molar refractivity (Wildman–Crippen MR) is 72.2 cm³/mol. The predicted octanol–water partition coefficient (Wildman–Crippen LogP) is 1.29. The van der Waals surface area contributed by atoms with Crippen molar-refractivity contribution in [1.82, 2.24) is 4.98 Å². The van der Waals surface area contributed by atoms with Gasteiger partial charge in [-0.2, -0.15) is 0 Å². The van der Waals surface area contributed by atoms with Crippen LogP contribution in [0.15, 0.2) is 12.1 Å². The molecular formula is C13H20N4O. The van der Waals surface area contributed by atoms with E-state index in [0.717, 1.165) is 30.2 Å². The maximum absolute atomic E-state index is 7.53. The normalized spacial score (nSPS) is 24.1. The molecule has 1 aliphatic heterocycles. The number of nitrogens with two attached hydrogens (primary N) is 1. The summed E-state index contributed by atoms with van der Waals surface area (Å²) in [6.45, 7) is 7.67. The number of nitrogens with zero attached hydrogens (tertiary/aromatic N) is 2. The van der Waals surface area contributed by atoms with Crippen molar-refractivity contribution >= 4 is 11.7 Å². The van der Waals surface area contributed by atoms with Crippen LogP contribution in [0.4, 0.5) is 5.82 Å². The van der Waals surface area contributed by atoms with Gasteiger partial charge in [0.1, 0.15) is 11.7 Å². The number of hydrogen-bond donors (Lipinski definition) is 2. The molecule has 2 atom stereocenters. The van der Waals surface area contributed by atoms with E-state index < -0.39 is 0 Å². The number of pyridine rings is 1. The first-order valence-corrected chi connectivity index (χ1v) is 6.19. The molecule has 0 aromatic carbocycles. The van der Waals surface area contributed by atoms with E-state index in [9.17, 15) is 0 Å². The van der Waals surface area contributed by atoms with Gasteiger partial charge in [0.25, 0.3) is 0 Å². The third-order valence-electron chi connectivity index (χ3n) is 2.99. The standard InChI is InChI=1S/C13H20N4O/c1-8-4-11(13(14)15)5-12(16-8)17-6-9(2)18-10(3)7-17/h4-5,9-10H,6-7H2,1-3H3,(H3,14,15)/t9-,10+. The summed E-state index contributed by atoms with van der Waals surface area (Å²) >= 11 is 0. The lowest BCUT2D eigenvalue weighted by atomic mass is 10.2. The zero-order valence-electron chi connectivity index (χ0n) is 11.1. The number of nitrogens with one attached hydrogen (secondary N) is 1. The van der Waals surface area contributed by atoms with E-state index in [2.05, 4.69) is 23.7 Å². The monoisotopic (exact) mass is 248 g/mol. The van der Waals surface area contributed by atoms with Gasteiger partial charge >= 0.3 is 0 Å². The SMILES string of the molecule is Cc1cc(C(=N)N)cc(N2C[C@@H](C)O[C@@H](C)C2)n1. The van der Waals surface area contributed by atoms with Crippen LogP contribution in [0.5, 0.6) is 0 Å². The van der Waals surface area contributed by atoms with Crippen molar-refractivity contribution in [3.8, 4) is 0 Å². The van der Waals surface area contributed by atoms with Gasteiger partial charge < -0.3 is 15.4 Å². The Bertz CT molecular complexity index is 450. The average molecular weight is 248 g/mol. The number of hydrogen-bond acceptors (Lipinski definition) is 4. The molecule has 1 aromatic rings. The molecule has 2 rings (SSSR count). The lowest BCUT2D eigenvalue weighted by Crippen LogP contribution is -2.46. The van der Waals surface area contributed by atoms with Crippen LogP contribution >= 0.6 is 0 Å². The van der Waals surface area contributed by atoms with Crippen LogP contribution in [-0.4, -0.2) is 36.1 Å². The van der Waals surface area contributed by atoms with Gasteiger partial charge in [0.15, 0.2) is 0 Å². The second-order valence-electron chi connectivity index (χ2n) is 4.93. The number of aryl methyl sites for hydroxylation is 1. The van der Waals surface area contributed by atoms with Gasteiger partial charge in [-0.25, -0.2) is 4.98 Å². The zero-order valence-corrected chi connectivity index (χ0v) is 11.1. The summed E-state index contributed by atoms with van der Waals surface area (Å²) in [7, 11) is 0. The molecule has 0 saturated carbocycles. The van der Waals surface area contributed by atoms with Crippen molar-refractivity contribution in [2.24, 2.45) is 5.73 Å². The molecule has 0 spiro atoms. The first-order chi connectivity index (χ1) is 8.45. The van der Waals surface area contributed by atoms with Crippen LogP contribution in [0, 0.1) is 12.3 Å². The van der Waals surface area contributed by atoms with Crippen molar-refractivity contribution in [2.75, 3.05) is 18.0 Å². The molecule has 5 heteroatoms. The van der Waals surface area contributed by atoms with Crippen LogP contribution in [0.1, 0.15) is 25.1 Å². The third-order valence-corrected chi connectivity index (χ3v) is 2.99. The fourth-order valence-corrected chi connectivity index (χ4v) is 2.33. The largest absolute Gasteiger partial charge is 0.384 e. The van der Waals surface area contributed by atoms with E-state index in [0.29, 0.717) is 0 Å². The number of anilines is 1. The summed E-state index contributed by atoms with van der Waals surface area (Å²) in [5, 5.41) is 7.53. The second-order valence-corrected chi connectivity index (χ2v) is 4.93. The zero-order chi connectivity index (χ0) is 13.3. The summed E-state index contributed by atoms with van der Waals surface area (Å²) in [6.07, 6.45) is 0.383. The van der Waals surface area contributed by atoms with Gasteiger partial charge in [0, 0.05) is 24.3 Å². The maximum Gasteiger partial charge on any atom is 0.129 e. The Morgan fingerprint density at radius 2 is 2.00 bits per heavy atom. The number of ether oxygens (including phenoxy) is 1. The summed E-state index contributed by atoms with van der Waals surface area (Å²) in [5.41, 5.74) is 7.15. The van der Waals surface area contributed by atoms with Crippen LogP contribution in [0.2, 0.25) is 0 Å². The van der Waals surface area contributed by atoms with Crippen molar-refractivity contribution in [3.05, 3.63) is 23.4 Å². The van der Waals surface area contributed by atoms with Gasteiger partial charge in [-0.1, -0.05) is 0 Å². The van der Waals surface area contributed by atoms with Crippen molar-refractivity contribution in [2.45, 2.75) is 33.0 Å². The van der Waals surface area contributed by atoms with E-state index in [1.807, 2.05) is 19.1 Å². The molecule has 1 saturated heterocycles. The van der Waals surface area contributed by atoms with E-state index in [4.69, 9.17) is 15.9 Å². The topological polar surface area (TPSA) is 75.2 Å². The molecule has 0 aliphatic carbocycles. The first kappa shape index (κ1) is 12.8. The lowest BCUT2D eigenvalue weighted by molar-refractivity contribution is -0.00546. The number of aromatic nitrogens is 1. The van der Waals surface area contributed by atoms with Crippen molar-refractivity contribution in [1.29, 1.82) is 5.41 Å². The first-order valence-electron chi connectivity index (χ1n) is 6.19. The molecule has 1 aliphatic rings. The van der Waals surface area contributed by atoms with Crippen LogP contribution < -0.4 is 10.6 Å². The molecule has 0 radical (unpaired) electrons. The summed E-state index contributed by atoms with van der Waals surface area (Å²) in [4.78, 5) is 6.72. The van der Waals surface area contributed by atoms with E-state index >= 15 is 0 Å². The Hall–Kier alpha value is -1.62. The Kier molecular flexibility index (Phi) is 3.52. The van der Waals surface area contributed by atoms with Crippen LogP contribution in [0.3, 0.4) is 0 Å². The number of rotatable bonds is 2. The molecule has 0 bridgehead atoms. The molecule has 1 aromatic heterocycles. The lowest BCUT2D eigenvalue weighted by Gasteiger charge is -2.36. The molecule has 3 N–H and O–H groups in total. The van der Waals surface area contributed by atoms with E-state index in [1.54, 1.807) is 0 Å². The van der Waals surface area contributed by atoms with E-state index in [1.165, 1.54) is 0 Å². The molecule has 98 valence electrons. The molecule has 0 amide bonds. The Morgan fingerprint density at radius 3 is 2.56 bits per heavy atom. The second kappa shape index (κ2) is 4.94. The minimum Gasteiger partial charge on any atom is -0.384 e. The molecule has 1 fully saturated rings. The van der Waals surface area contributed by atoms with Crippen LogP contribution in [0.25, 0.3) is 0 Å². The minimum absolute atomic E-state index is 0.0797. The fourth-order valence-electron chi connectivity index (χ4n) is 2.33. The van der Waals surface area contributed by atoms with Gasteiger partial charge in [0.2, 0.25) is 0 Å². The van der Waals surface area contributed by atoms with Crippen molar-refractivity contribution < 1.29 is 4.74 Å². The molecule has 0 unspecified atom stereocenters. The summed E-state index contributed by atoms with van der Waals surface area (Å²) in [6, 6.07) is 3.71. The van der Waals surface area contributed by atoms with E-state index in [-0.39, 0.29) is 18.0 Å². The highest BCUT2D eigenvalue weighted by atomic mass is 16.5. The number of morpholine rings is 1. The Balaban J connectivity index is 2.29.